The van der Waals surface area contributed by atoms with Crippen molar-refractivity contribution in [2.24, 2.45) is 0 Å². The van der Waals surface area contributed by atoms with Gasteiger partial charge in [-0.25, -0.2) is 0 Å². The Labute approximate surface area is 285 Å². The van der Waals surface area contributed by atoms with Gasteiger partial charge in [0.1, 0.15) is 10.9 Å². The number of hydrogen-bond acceptors (Lipinski definition) is 4. The van der Waals surface area contributed by atoms with Gasteiger partial charge in [0, 0.05) is 21.2 Å². The minimum absolute atomic E-state index is 0.0147. The molecule has 3 amide bonds. The molecule has 230 valence electrons. The maximum atomic E-state index is 13.5. The van der Waals surface area contributed by atoms with Gasteiger partial charge in [0.25, 0.3) is 11.8 Å². The van der Waals surface area contributed by atoms with Gasteiger partial charge < -0.3 is 16.0 Å². The largest absolute Gasteiger partial charge is 0.323 e. The van der Waals surface area contributed by atoms with E-state index in [1.807, 2.05) is 30.3 Å². The molecular weight excluding hydrogens is 661 g/mol. The van der Waals surface area contributed by atoms with E-state index in [2.05, 4.69) is 16.0 Å². The number of anilines is 2. The Morgan fingerprint density at radius 2 is 1.28 bits per heavy atom. The van der Waals surface area contributed by atoms with Crippen LogP contribution < -0.4 is 16.0 Å². The van der Waals surface area contributed by atoms with Gasteiger partial charge in [-0.15, -0.1) is 11.8 Å². The molecule has 10 heteroatoms. The molecule has 0 fully saturated rings. The zero-order valence-electron chi connectivity index (χ0n) is 24.0. The van der Waals surface area contributed by atoms with Crippen molar-refractivity contribution in [2.45, 2.75) is 10.1 Å². The number of rotatable bonds is 10. The zero-order chi connectivity index (χ0) is 32.5. The Bertz CT molecular complexity index is 1890. The van der Waals surface area contributed by atoms with Crippen LogP contribution in [0.5, 0.6) is 0 Å². The summed E-state index contributed by atoms with van der Waals surface area (Å²) in [7, 11) is 0. The first kappa shape index (κ1) is 32.9. The lowest BCUT2D eigenvalue weighted by Gasteiger charge is -2.18. The summed E-state index contributed by atoms with van der Waals surface area (Å²) in [5.74, 6) is -1.25. The van der Waals surface area contributed by atoms with Crippen LogP contribution in [-0.2, 0) is 9.59 Å². The van der Waals surface area contributed by atoms with Gasteiger partial charge >= 0.3 is 0 Å². The average Bonchev–Trinajstić information content (AvgIpc) is 3.07. The highest BCUT2D eigenvalue weighted by Gasteiger charge is 2.23. The summed E-state index contributed by atoms with van der Waals surface area (Å²) in [5.41, 5.74) is 2.68. The van der Waals surface area contributed by atoms with E-state index >= 15 is 0 Å². The number of benzene rings is 5. The van der Waals surface area contributed by atoms with E-state index < -0.39 is 17.1 Å². The Hall–Kier alpha value is -4.53. The Morgan fingerprint density at radius 3 is 1.98 bits per heavy atom. The lowest BCUT2D eigenvalue weighted by molar-refractivity contribution is -0.116. The molecule has 0 aliphatic carbocycles. The standard InChI is InChI=1S/C36H26Cl3N3O3S/c37-28-15-8-7-14-25(28)22-31(42-34(43)24-12-5-2-6-13-24)35(44)40-26-18-20-27(21-19-26)46-33(23-10-3-1-4-11-23)36(45)41-30-17-9-16-29(38)32(30)39/h1-22,33H,(H,40,44)(H,41,45)(H,42,43)/b31-22-. The first-order chi connectivity index (χ1) is 22.3. The van der Waals surface area contributed by atoms with Crippen LogP contribution in [0.4, 0.5) is 11.4 Å². The topological polar surface area (TPSA) is 87.3 Å². The molecule has 0 aliphatic rings. The van der Waals surface area contributed by atoms with Gasteiger partial charge in [-0.2, -0.15) is 0 Å². The molecule has 0 spiro atoms. The first-order valence-corrected chi connectivity index (χ1v) is 16.0. The molecule has 1 unspecified atom stereocenters. The smallest absolute Gasteiger partial charge is 0.272 e. The number of halogens is 3. The van der Waals surface area contributed by atoms with E-state index in [1.165, 1.54) is 17.8 Å². The Kier molecular flexibility index (Phi) is 11.2. The number of carbonyl (C=O) groups is 3. The van der Waals surface area contributed by atoms with E-state index in [0.717, 1.165) is 10.5 Å². The predicted octanol–water partition coefficient (Wildman–Crippen LogP) is 9.53. The van der Waals surface area contributed by atoms with Gasteiger partial charge in [-0.05, 0) is 71.8 Å². The summed E-state index contributed by atoms with van der Waals surface area (Å²) in [6.07, 6.45) is 1.53. The van der Waals surface area contributed by atoms with E-state index in [0.29, 0.717) is 32.5 Å². The molecule has 0 bridgehead atoms. The maximum absolute atomic E-state index is 13.5. The summed E-state index contributed by atoms with van der Waals surface area (Å²) in [5, 5.41) is 8.85. The van der Waals surface area contributed by atoms with Crippen molar-refractivity contribution in [1.29, 1.82) is 0 Å². The van der Waals surface area contributed by atoms with Gasteiger partial charge in [0.15, 0.2) is 0 Å². The summed E-state index contributed by atoms with van der Waals surface area (Å²) in [4.78, 5) is 40.7. The quantitative estimate of drug-likeness (QED) is 0.101. The van der Waals surface area contributed by atoms with Crippen LogP contribution in [0.3, 0.4) is 0 Å². The molecule has 5 aromatic rings. The molecule has 0 heterocycles. The SMILES string of the molecule is O=C(Nc1ccc(SC(C(=O)Nc2cccc(Cl)c2Cl)c2ccccc2)cc1)/C(=C/c1ccccc1Cl)NC(=O)c1ccccc1. The third kappa shape index (κ3) is 8.59. The average molecular weight is 687 g/mol. The molecule has 5 rings (SSSR count). The monoisotopic (exact) mass is 685 g/mol. The molecule has 0 aliphatic heterocycles. The van der Waals surface area contributed by atoms with Gasteiger partial charge in [-0.1, -0.05) is 108 Å². The fraction of sp³-hybridized carbons (Fsp3) is 0.0278. The molecule has 1 atom stereocenters. The van der Waals surface area contributed by atoms with E-state index in [9.17, 15) is 14.4 Å². The third-order valence-corrected chi connectivity index (χ3v) is 9.08. The van der Waals surface area contributed by atoms with Crippen molar-refractivity contribution in [2.75, 3.05) is 10.6 Å². The highest BCUT2D eigenvalue weighted by Crippen LogP contribution is 2.38. The van der Waals surface area contributed by atoms with E-state index in [4.69, 9.17) is 34.8 Å². The lowest BCUT2D eigenvalue weighted by Crippen LogP contribution is -2.30. The molecule has 0 saturated carbocycles. The molecule has 0 saturated heterocycles. The van der Waals surface area contributed by atoms with E-state index in [1.54, 1.807) is 97.1 Å². The van der Waals surface area contributed by atoms with Crippen molar-refractivity contribution >= 4 is 81.7 Å². The number of amides is 3. The lowest BCUT2D eigenvalue weighted by atomic mass is 10.1. The van der Waals surface area contributed by atoms with Crippen LogP contribution in [0.1, 0.15) is 26.7 Å². The molecule has 0 aromatic heterocycles. The van der Waals surface area contributed by atoms with Crippen LogP contribution in [-0.4, -0.2) is 17.7 Å². The second-order valence-electron chi connectivity index (χ2n) is 9.88. The highest BCUT2D eigenvalue weighted by molar-refractivity contribution is 8.00. The molecule has 0 radical (unpaired) electrons. The van der Waals surface area contributed by atoms with Crippen LogP contribution in [0.25, 0.3) is 6.08 Å². The zero-order valence-corrected chi connectivity index (χ0v) is 27.1. The first-order valence-electron chi connectivity index (χ1n) is 14.0. The van der Waals surface area contributed by atoms with Crippen molar-refractivity contribution < 1.29 is 14.4 Å². The van der Waals surface area contributed by atoms with Crippen LogP contribution in [0, 0.1) is 0 Å². The second kappa shape index (κ2) is 15.7. The van der Waals surface area contributed by atoms with Crippen LogP contribution in [0.15, 0.2) is 138 Å². The minimum Gasteiger partial charge on any atom is -0.323 e. The number of thioether (sulfide) groups is 1. The summed E-state index contributed by atoms with van der Waals surface area (Å²) >= 11 is 20.1. The fourth-order valence-electron chi connectivity index (χ4n) is 4.34. The molecule has 3 N–H and O–H groups in total. The fourth-order valence-corrected chi connectivity index (χ4v) is 5.90. The normalized spacial score (nSPS) is 11.8. The van der Waals surface area contributed by atoms with Crippen LogP contribution >= 0.6 is 46.6 Å². The van der Waals surface area contributed by atoms with Gasteiger partial charge in [0.05, 0.1) is 15.7 Å². The minimum atomic E-state index is -0.616. The van der Waals surface area contributed by atoms with Gasteiger partial charge in [-0.3, -0.25) is 14.4 Å². The molecule has 46 heavy (non-hydrogen) atoms. The highest BCUT2D eigenvalue weighted by atomic mass is 35.5. The third-order valence-electron chi connectivity index (χ3n) is 6.65. The van der Waals surface area contributed by atoms with Crippen LogP contribution in [0.2, 0.25) is 15.1 Å². The summed E-state index contributed by atoms with van der Waals surface area (Å²) in [6, 6.07) is 37.1. The summed E-state index contributed by atoms with van der Waals surface area (Å²) in [6.45, 7) is 0. The predicted molar refractivity (Wildman–Crippen MR) is 189 cm³/mol. The van der Waals surface area contributed by atoms with Crippen molar-refractivity contribution in [3.8, 4) is 0 Å². The summed E-state index contributed by atoms with van der Waals surface area (Å²) < 4.78 is 0. The van der Waals surface area contributed by atoms with E-state index in [-0.39, 0.29) is 16.6 Å². The number of nitrogens with one attached hydrogen (secondary N) is 3. The molecule has 5 aromatic carbocycles. The van der Waals surface area contributed by atoms with Crippen molar-refractivity contribution in [3.05, 3.63) is 165 Å². The van der Waals surface area contributed by atoms with Crippen molar-refractivity contribution in [3.63, 3.8) is 0 Å². The Balaban J connectivity index is 1.34. The Morgan fingerprint density at radius 1 is 0.652 bits per heavy atom. The number of hydrogen-bond donors (Lipinski definition) is 3. The van der Waals surface area contributed by atoms with Gasteiger partial charge in [0.2, 0.25) is 5.91 Å². The maximum Gasteiger partial charge on any atom is 0.272 e. The number of carbonyl (C=O) groups excluding carboxylic acids is 3. The molecule has 6 nitrogen and oxygen atoms in total. The van der Waals surface area contributed by atoms with Crippen molar-refractivity contribution in [1.82, 2.24) is 5.32 Å². The molecular formula is C36H26Cl3N3O3S. The second-order valence-corrected chi connectivity index (χ2v) is 12.2.